The van der Waals surface area contributed by atoms with E-state index in [-0.39, 0.29) is 5.91 Å². The van der Waals surface area contributed by atoms with Crippen LogP contribution in [0.1, 0.15) is 43.6 Å². The lowest BCUT2D eigenvalue weighted by Crippen LogP contribution is -2.41. The first kappa shape index (κ1) is 18.3. The molecule has 1 aromatic heterocycles. The first-order valence-corrected chi connectivity index (χ1v) is 8.48. The first-order valence-electron chi connectivity index (χ1n) is 8.48. The second-order valence-corrected chi connectivity index (χ2v) is 7.15. The van der Waals surface area contributed by atoms with Crippen molar-refractivity contribution >= 4 is 24.7 Å². The minimum Gasteiger partial charge on any atom is -0.399 e. The fourth-order valence-corrected chi connectivity index (χ4v) is 2.54. The third-order valence-corrected chi connectivity index (χ3v) is 4.82. The Morgan fingerprint density at radius 2 is 1.69 bits per heavy atom. The predicted octanol–water partition coefficient (Wildman–Crippen LogP) is 2.14. The zero-order chi connectivity index (χ0) is 18.8. The molecule has 7 heteroatoms. The maximum atomic E-state index is 12.0. The molecule has 134 valence electrons. The molecule has 2 aromatic rings. The van der Waals surface area contributed by atoms with E-state index in [4.69, 9.17) is 9.31 Å². The summed E-state index contributed by atoms with van der Waals surface area (Å²) in [6.07, 6.45) is 4.72. The Labute approximate surface area is 153 Å². The molecule has 0 atom stereocenters. The lowest BCUT2D eigenvalue weighted by atomic mass is 9.76. The summed E-state index contributed by atoms with van der Waals surface area (Å²) in [5.41, 5.74) is 3.87. The molecule has 1 aliphatic heterocycles. The number of hydrogen-bond donors (Lipinski definition) is 1. The van der Waals surface area contributed by atoms with Gasteiger partial charge in [0.25, 0.3) is 5.91 Å². The number of benzene rings is 1. The van der Waals surface area contributed by atoms with Gasteiger partial charge in [-0.15, -0.1) is 0 Å². The smallest absolute Gasteiger partial charge is 0.399 e. The summed E-state index contributed by atoms with van der Waals surface area (Å²) in [6.45, 7) is 8.05. The molecule has 0 saturated carbocycles. The third kappa shape index (κ3) is 3.69. The van der Waals surface area contributed by atoms with Crippen molar-refractivity contribution in [1.29, 1.82) is 0 Å². The van der Waals surface area contributed by atoms with Crippen molar-refractivity contribution in [3.8, 4) is 0 Å². The van der Waals surface area contributed by atoms with Crippen LogP contribution in [0.4, 0.5) is 0 Å². The Balaban J connectivity index is 1.75. The third-order valence-electron chi connectivity index (χ3n) is 4.82. The Kier molecular flexibility index (Phi) is 4.93. The number of nitrogens with zero attached hydrogens (tertiary/aromatic N) is 2. The average molecular weight is 351 g/mol. The normalized spacial score (nSPS) is 18.2. The van der Waals surface area contributed by atoms with Crippen LogP contribution in [0, 0.1) is 0 Å². The lowest BCUT2D eigenvalue weighted by Gasteiger charge is -2.32. The SMILES string of the molecule is CC1(C)OB(c2ccccc2C=NNC(=O)c2ccncc2)OC1(C)C. The topological polar surface area (TPSA) is 72.8 Å². The highest BCUT2D eigenvalue weighted by Gasteiger charge is 2.52. The molecule has 1 N–H and O–H groups in total. The van der Waals surface area contributed by atoms with E-state index in [0.717, 1.165) is 11.0 Å². The summed E-state index contributed by atoms with van der Waals surface area (Å²) in [4.78, 5) is 15.9. The number of hydrogen-bond acceptors (Lipinski definition) is 5. The van der Waals surface area contributed by atoms with Crippen molar-refractivity contribution in [1.82, 2.24) is 10.4 Å². The molecular formula is C19H22BN3O3. The monoisotopic (exact) mass is 351 g/mol. The predicted molar refractivity (Wildman–Crippen MR) is 101 cm³/mol. The van der Waals surface area contributed by atoms with Crippen molar-refractivity contribution in [3.05, 3.63) is 59.9 Å². The van der Waals surface area contributed by atoms with Gasteiger partial charge in [-0.05, 0) is 50.9 Å². The number of carbonyl (C=O) groups excluding carboxylic acids is 1. The van der Waals surface area contributed by atoms with Gasteiger partial charge < -0.3 is 9.31 Å². The second-order valence-electron chi connectivity index (χ2n) is 7.15. The van der Waals surface area contributed by atoms with Crippen LogP contribution in [0.15, 0.2) is 53.9 Å². The van der Waals surface area contributed by atoms with E-state index < -0.39 is 18.3 Å². The van der Waals surface area contributed by atoms with Gasteiger partial charge in [-0.1, -0.05) is 24.3 Å². The molecule has 3 rings (SSSR count). The van der Waals surface area contributed by atoms with Gasteiger partial charge in [0.15, 0.2) is 0 Å². The molecule has 1 fully saturated rings. The van der Waals surface area contributed by atoms with Gasteiger partial charge in [-0.2, -0.15) is 5.10 Å². The number of nitrogens with one attached hydrogen (secondary N) is 1. The fourth-order valence-electron chi connectivity index (χ4n) is 2.54. The Bertz CT molecular complexity index is 806. The molecule has 1 saturated heterocycles. The van der Waals surface area contributed by atoms with E-state index in [1.807, 2.05) is 52.0 Å². The van der Waals surface area contributed by atoms with E-state index in [2.05, 4.69) is 15.5 Å². The van der Waals surface area contributed by atoms with Crippen LogP contribution < -0.4 is 10.9 Å². The number of amides is 1. The lowest BCUT2D eigenvalue weighted by molar-refractivity contribution is 0.00578. The quantitative estimate of drug-likeness (QED) is 0.520. The average Bonchev–Trinajstić information content (AvgIpc) is 2.83. The standard InChI is InChI=1S/C19H22BN3O3/c1-18(2)19(3,4)26-20(25-18)16-8-6-5-7-15(16)13-22-23-17(24)14-9-11-21-12-10-14/h5-13H,1-4H3,(H,23,24). The van der Waals surface area contributed by atoms with Crippen molar-refractivity contribution in [2.24, 2.45) is 5.10 Å². The highest BCUT2D eigenvalue weighted by molar-refractivity contribution is 6.63. The molecule has 0 aliphatic carbocycles. The van der Waals surface area contributed by atoms with Crippen molar-refractivity contribution < 1.29 is 14.1 Å². The van der Waals surface area contributed by atoms with Gasteiger partial charge in [0, 0.05) is 18.0 Å². The number of pyridine rings is 1. The molecule has 1 amide bonds. The van der Waals surface area contributed by atoms with Gasteiger partial charge in [0.2, 0.25) is 0 Å². The maximum Gasteiger partial charge on any atom is 0.495 e. The Morgan fingerprint density at radius 3 is 2.35 bits per heavy atom. The largest absolute Gasteiger partial charge is 0.495 e. The number of aromatic nitrogens is 1. The molecule has 0 radical (unpaired) electrons. The molecule has 1 aromatic carbocycles. The molecule has 0 unspecified atom stereocenters. The minimum atomic E-state index is -0.487. The van der Waals surface area contributed by atoms with Gasteiger partial charge in [-0.3, -0.25) is 9.78 Å². The zero-order valence-corrected chi connectivity index (χ0v) is 15.4. The Hall–Kier alpha value is -2.51. The van der Waals surface area contributed by atoms with Crippen molar-refractivity contribution in [2.45, 2.75) is 38.9 Å². The molecule has 2 heterocycles. The van der Waals surface area contributed by atoms with Crippen LogP contribution in [0.2, 0.25) is 0 Å². The van der Waals surface area contributed by atoms with E-state index in [1.54, 1.807) is 30.7 Å². The van der Waals surface area contributed by atoms with E-state index in [1.165, 1.54) is 0 Å². The highest BCUT2D eigenvalue weighted by atomic mass is 16.7. The van der Waals surface area contributed by atoms with Gasteiger partial charge in [-0.25, -0.2) is 5.43 Å². The van der Waals surface area contributed by atoms with Crippen molar-refractivity contribution in [3.63, 3.8) is 0 Å². The van der Waals surface area contributed by atoms with E-state index in [9.17, 15) is 4.79 Å². The molecule has 26 heavy (non-hydrogen) atoms. The molecule has 0 spiro atoms. The van der Waals surface area contributed by atoms with Gasteiger partial charge in [0.05, 0.1) is 17.4 Å². The maximum absolute atomic E-state index is 12.0. The van der Waals surface area contributed by atoms with Crippen LogP contribution in [0.3, 0.4) is 0 Å². The molecule has 1 aliphatic rings. The molecular weight excluding hydrogens is 329 g/mol. The van der Waals surface area contributed by atoms with E-state index >= 15 is 0 Å². The number of hydrazone groups is 1. The highest BCUT2D eigenvalue weighted by Crippen LogP contribution is 2.36. The summed E-state index contributed by atoms with van der Waals surface area (Å²) >= 11 is 0. The summed E-state index contributed by atoms with van der Waals surface area (Å²) < 4.78 is 12.2. The van der Waals surface area contributed by atoms with Gasteiger partial charge in [0.1, 0.15) is 0 Å². The van der Waals surface area contributed by atoms with Crippen LogP contribution >= 0.6 is 0 Å². The van der Waals surface area contributed by atoms with Crippen LogP contribution in [0.25, 0.3) is 0 Å². The minimum absolute atomic E-state index is 0.295. The van der Waals surface area contributed by atoms with Gasteiger partial charge >= 0.3 is 7.12 Å². The zero-order valence-electron chi connectivity index (χ0n) is 15.4. The molecule has 6 nitrogen and oxygen atoms in total. The van der Waals surface area contributed by atoms with Crippen LogP contribution in [0.5, 0.6) is 0 Å². The van der Waals surface area contributed by atoms with E-state index in [0.29, 0.717) is 5.56 Å². The summed E-state index contributed by atoms with van der Waals surface area (Å²) in [5, 5.41) is 4.07. The summed E-state index contributed by atoms with van der Waals surface area (Å²) in [6, 6.07) is 10.9. The number of rotatable bonds is 4. The fraction of sp³-hybridized carbons (Fsp3) is 0.316. The number of carbonyl (C=O) groups is 1. The summed E-state index contributed by atoms with van der Waals surface area (Å²) in [5.74, 6) is -0.295. The van der Waals surface area contributed by atoms with Crippen molar-refractivity contribution in [2.75, 3.05) is 0 Å². The molecule has 0 bridgehead atoms. The Morgan fingerprint density at radius 1 is 1.08 bits per heavy atom. The first-order chi connectivity index (χ1) is 12.3. The summed E-state index contributed by atoms with van der Waals surface area (Å²) in [7, 11) is -0.487. The van der Waals surface area contributed by atoms with Crippen LogP contribution in [-0.4, -0.2) is 35.4 Å². The second kappa shape index (κ2) is 7.01. The van der Waals surface area contributed by atoms with Crippen LogP contribution in [-0.2, 0) is 9.31 Å².